The Bertz CT molecular complexity index is 870. The number of anilines is 1. The Morgan fingerprint density at radius 1 is 1.15 bits per heavy atom. The summed E-state index contributed by atoms with van der Waals surface area (Å²) < 4.78 is 10.8. The third-order valence-corrected chi connectivity index (χ3v) is 4.20. The van der Waals surface area contributed by atoms with Gasteiger partial charge in [0.05, 0.1) is 29.7 Å². The van der Waals surface area contributed by atoms with Gasteiger partial charge in [-0.2, -0.15) is 5.10 Å². The molecule has 0 aliphatic carbocycles. The van der Waals surface area contributed by atoms with E-state index in [2.05, 4.69) is 15.8 Å². The highest BCUT2D eigenvalue weighted by Crippen LogP contribution is 2.31. The molecule has 0 heterocycles. The van der Waals surface area contributed by atoms with Crippen molar-refractivity contribution in [2.45, 2.75) is 6.42 Å². The second-order valence-corrected chi connectivity index (χ2v) is 6.43. The van der Waals surface area contributed by atoms with Crippen LogP contribution >= 0.6 is 22.6 Å². The Balaban J connectivity index is 1.91. The number of methoxy groups -OCH3 is 2. The fourth-order valence-corrected chi connectivity index (χ4v) is 2.76. The van der Waals surface area contributed by atoms with E-state index in [0.717, 1.165) is 0 Å². The van der Waals surface area contributed by atoms with Gasteiger partial charge in [-0.1, -0.05) is 12.1 Å². The molecule has 2 amide bonds. The highest BCUT2D eigenvalue weighted by molar-refractivity contribution is 14.1. The molecule has 8 nitrogen and oxygen atoms in total. The first-order valence-corrected chi connectivity index (χ1v) is 8.83. The Labute approximate surface area is 169 Å². The van der Waals surface area contributed by atoms with Crippen molar-refractivity contribution >= 4 is 46.3 Å². The second-order valence-electron chi connectivity index (χ2n) is 5.27. The van der Waals surface area contributed by atoms with Gasteiger partial charge in [0.25, 0.3) is 0 Å². The van der Waals surface area contributed by atoms with Crippen molar-refractivity contribution in [2.24, 2.45) is 5.10 Å². The first-order chi connectivity index (χ1) is 12.9. The summed E-state index contributed by atoms with van der Waals surface area (Å²) in [5.74, 6) is -0.231. The molecule has 0 aromatic heterocycles. The summed E-state index contributed by atoms with van der Waals surface area (Å²) in [5.41, 5.74) is 3.38. The molecule has 0 aliphatic heterocycles. The van der Waals surface area contributed by atoms with Gasteiger partial charge in [0, 0.05) is 0 Å². The Hall–Kier alpha value is -2.82. The quantitative estimate of drug-likeness (QED) is 0.243. The van der Waals surface area contributed by atoms with Crippen LogP contribution in [-0.4, -0.2) is 37.4 Å². The van der Waals surface area contributed by atoms with Gasteiger partial charge in [-0.3, -0.25) is 9.59 Å². The number of halogens is 1. The number of phenols is 1. The molecule has 3 N–H and O–H groups in total. The van der Waals surface area contributed by atoms with E-state index >= 15 is 0 Å². The van der Waals surface area contributed by atoms with E-state index < -0.39 is 18.2 Å². The SMILES string of the molecule is COc1ccccc1NC(=O)CC(=O)N/N=C/c1cc(I)c(O)c(OC)c1. The number of nitrogens with zero attached hydrogens (tertiary/aromatic N) is 1. The van der Waals surface area contributed by atoms with Gasteiger partial charge in [0.2, 0.25) is 11.8 Å². The van der Waals surface area contributed by atoms with E-state index in [1.165, 1.54) is 20.4 Å². The second kappa shape index (κ2) is 9.76. The normalized spacial score (nSPS) is 10.5. The minimum absolute atomic E-state index is 0.0345. The number of rotatable bonds is 7. The zero-order chi connectivity index (χ0) is 19.8. The summed E-state index contributed by atoms with van der Waals surface area (Å²) in [6.07, 6.45) is 0.992. The number of hydrazone groups is 1. The molecule has 2 aromatic rings. The van der Waals surface area contributed by atoms with Crippen molar-refractivity contribution in [3.8, 4) is 17.2 Å². The lowest BCUT2D eigenvalue weighted by Crippen LogP contribution is -2.24. The lowest BCUT2D eigenvalue weighted by molar-refractivity contribution is -0.126. The number of para-hydroxylation sites is 2. The summed E-state index contributed by atoms with van der Waals surface area (Å²) in [4.78, 5) is 23.8. The van der Waals surface area contributed by atoms with Gasteiger partial charge >= 0.3 is 0 Å². The van der Waals surface area contributed by atoms with Crippen LogP contribution in [0.5, 0.6) is 17.2 Å². The molecule has 0 aliphatic rings. The van der Waals surface area contributed by atoms with E-state index in [-0.39, 0.29) is 5.75 Å². The van der Waals surface area contributed by atoms with E-state index in [1.54, 1.807) is 36.4 Å². The first-order valence-electron chi connectivity index (χ1n) is 7.76. The highest BCUT2D eigenvalue weighted by Gasteiger charge is 2.11. The van der Waals surface area contributed by atoms with Crippen LogP contribution < -0.4 is 20.2 Å². The average Bonchev–Trinajstić information content (AvgIpc) is 2.64. The molecule has 0 saturated carbocycles. The zero-order valence-electron chi connectivity index (χ0n) is 14.7. The van der Waals surface area contributed by atoms with Gasteiger partial charge < -0.3 is 19.9 Å². The summed E-state index contributed by atoms with van der Waals surface area (Å²) >= 11 is 1.95. The minimum atomic E-state index is -0.570. The van der Waals surface area contributed by atoms with Crippen molar-refractivity contribution < 1.29 is 24.2 Å². The predicted octanol–water partition coefficient (Wildman–Crippen LogP) is 2.49. The average molecular weight is 483 g/mol. The van der Waals surface area contributed by atoms with Crippen molar-refractivity contribution in [2.75, 3.05) is 19.5 Å². The maximum Gasteiger partial charge on any atom is 0.249 e. The maximum absolute atomic E-state index is 12.0. The van der Waals surface area contributed by atoms with Gasteiger partial charge in [0.15, 0.2) is 11.5 Å². The van der Waals surface area contributed by atoms with Crippen molar-refractivity contribution in [3.63, 3.8) is 0 Å². The van der Waals surface area contributed by atoms with Crippen LogP contribution in [-0.2, 0) is 9.59 Å². The molecule has 9 heteroatoms. The Morgan fingerprint density at radius 2 is 1.85 bits per heavy atom. The fourth-order valence-electron chi connectivity index (χ4n) is 2.13. The monoisotopic (exact) mass is 483 g/mol. The summed E-state index contributed by atoms with van der Waals surface area (Å²) in [6.45, 7) is 0. The summed E-state index contributed by atoms with van der Waals surface area (Å²) in [5, 5.41) is 16.2. The van der Waals surface area contributed by atoms with E-state index in [1.807, 2.05) is 22.6 Å². The molecule has 0 radical (unpaired) electrons. The standard InChI is InChI=1S/C18H18IN3O5/c1-26-14-6-4-3-5-13(14)21-16(23)9-17(24)22-20-10-11-7-12(19)18(25)15(8-11)27-2/h3-8,10,25H,9H2,1-2H3,(H,21,23)(H,22,24)/b20-10+. The number of phenolic OH excluding ortho intramolecular Hbond substituents is 1. The van der Waals surface area contributed by atoms with Crippen LogP contribution in [0.1, 0.15) is 12.0 Å². The van der Waals surface area contributed by atoms with Crippen LogP contribution in [0.15, 0.2) is 41.5 Å². The van der Waals surface area contributed by atoms with Crippen molar-refractivity contribution in [1.29, 1.82) is 0 Å². The molecule has 2 rings (SSSR count). The van der Waals surface area contributed by atoms with Crippen molar-refractivity contribution in [1.82, 2.24) is 5.43 Å². The molecule has 142 valence electrons. The van der Waals surface area contributed by atoms with Crippen LogP contribution in [0.3, 0.4) is 0 Å². The topological polar surface area (TPSA) is 109 Å². The fraction of sp³-hybridized carbons (Fsp3) is 0.167. The number of carbonyl (C=O) groups excluding carboxylic acids is 2. The minimum Gasteiger partial charge on any atom is -0.504 e. The Kier molecular flexibility index (Phi) is 7.41. The van der Waals surface area contributed by atoms with Crippen LogP contribution in [0, 0.1) is 3.57 Å². The molecule has 0 unspecified atom stereocenters. The van der Waals surface area contributed by atoms with Crippen molar-refractivity contribution in [3.05, 3.63) is 45.5 Å². The maximum atomic E-state index is 12.0. The molecule has 27 heavy (non-hydrogen) atoms. The van der Waals surface area contributed by atoms with Gasteiger partial charge in [-0.05, 0) is 52.4 Å². The molecular weight excluding hydrogens is 465 g/mol. The van der Waals surface area contributed by atoms with E-state index in [4.69, 9.17) is 9.47 Å². The number of benzene rings is 2. The van der Waals surface area contributed by atoms with Crippen LogP contribution in [0.25, 0.3) is 0 Å². The summed E-state index contributed by atoms with van der Waals surface area (Å²) in [7, 11) is 2.93. The largest absolute Gasteiger partial charge is 0.504 e. The molecule has 0 atom stereocenters. The number of ether oxygens (including phenoxy) is 2. The number of hydrogen-bond donors (Lipinski definition) is 3. The van der Waals surface area contributed by atoms with E-state index in [9.17, 15) is 14.7 Å². The molecule has 0 fully saturated rings. The van der Waals surface area contributed by atoms with Gasteiger partial charge in [-0.15, -0.1) is 0 Å². The number of carbonyl (C=O) groups is 2. The Morgan fingerprint density at radius 3 is 2.56 bits per heavy atom. The highest BCUT2D eigenvalue weighted by atomic mass is 127. The zero-order valence-corrected chi connectivity index (χ0v) is 16.8. The molecular formula is C18H18IN3O5. The number of amides is 2. The summed E-state index contributed by atoms with van der Waals surface area (Å²) in [6, 6.07) is 10.1. The lowest BCUT2D eigenvalue weighted by atomic mass is 10.2. The third kappa shape index (κ3) is 5.84. The van der Waals surface area contributed by atoms with Crippen LogP contribution in [0.2, 0.25) is 0 Å². The van der Waals surface area contributed by atoms with Gasteiger partial charge in [-0.25, -0.2) is 5.43 Å². The smallest absolute Gasteiger partial charge is 0.249 e. The number of hydrogen-bond acceptors (Lipinski definition) is 6. The van der Waals surface area contributed by atoms with Crippen LogP contribution in [0.4, 0.5) is 5.69 Å². The third-order valence-electron chi connectivity index (χ3n) is 3.38. The lowest BCUT2D eigenvalue weighted by Gasteiger charge is -2.09. The van der Waals surface area contributed by atoms with Gasteiger partial charge in [0.1, 0.15) is 12.2 Å². The molecule has 0 bridgehead atoms. The molecule has 0 spiro atoms. The number of nitrogens with one attached hydrogen (secondary N) is 2. The molecule has 0 saturated heterocycles. The predicted molar refractivity (Wildman–Crippen MR) is 109 cm³/mol. The molecule has 2 aromatic carbocycles. The number of aromatic hydroxyl groups is 1. The van der Waals surface area contributed by atoms with E-state index in [0.29, 0.717) is 26.3 Å². The first kappa shape index (κ1) is 20.5.